The summed E-state index contributed by atoms with van der Waals surface area (Å²) in [4.78, 5) is 2.22. The summed E-state index contributed by atoms with van der Waals surface area (Å²) in [7, 11) is -1.30. The summed E-state index contributed by atoms with van der Waals surface area (Å²) in [5.74, 6) is 1.29. The molecule has 0 saturated carbocycles. The fourth-order valence-corrected chi connectivity index (χ4v) is 5.15. The van der Waals surface area contributed by atoms with E-state index in [1.807, 2.05) is 48.5 Å². The Morgan fingerprint density at radius 1 is 1.12 bits per heavy atom. The lowest BCUT2D eigenvalue weighted by atomic mass is 10.1. The Bertz CT molecular complexity index is 821. The Hall–Kier alpha value is -1.56. The van der Waals surface area contributed by atoms with Gasteiger partial charge in [0.15, 0.2) is 9.84 Å². The molecule has 134 valence electrons. The largest absolute Gasteiger partial charge is 0.497 e. The van der Waals surface area contributed by atoms with Crippen LogP contribution in [-0.4, -0.2) is 38.0 Å². The van der Waals surface area contributed by atoms with Crippen LogP contribution in [-0.2, 0) is 22.9 Å². The molecule has 2 aromatic carbocycles. The van der Waals surface area contributed by atoms with Crippen molar-refractivity contribution in [3.8, 4) is 5.75 Å². The molecule has 0 N–H and O–H groups in total. The van der Waals surface area contributed by atoms with E-state index in [1.165, 1.54) is 0 Å². The van der Waals surface area contributed by atoms with E-state index in [0.717, 1.165) is 16.9 Å². The second-order valence-electron chi connectivity index (χ2n) is 6.40. The van der Waals surface area contributed by atoms with Gasteiger partial charge in [-0.3, -0.25) is 4.90 Å². The summed E-state index contributed by atoms with van der Waals surface area (Å²) in [5, 5.41) is 0.711. The Kier molecular flexibility index (Phi) is 5.67. The third kappa shape index (κ3) is 4.75. The second kappa shape index (κ2) is 7.77. The first-order valence-electron chi connectivity index (χ1n) is 8.28. The van der Waals surface area contributed by atoms with Gasteiger partial charge in [0, 0.05) is 24.2 Å². The van der Waals surface area contributed by atoms with Gasteiger partial charge in [-0.15, -0.1) is 0 Å². The highest BCUT2D eigenvalue weighted by atomic mass is 35.5. The summed E-state index contributed by atoms with van der Waals surface area (Å²) >= 11 is 6.31. The minimum atomic E-state index is -2.94. The van der Waals surface area contributed by atoms with E-state index >= 15 is 0 Å². The van der Waals surface area contributed by atoms with Crippen LogP contribution < -0.4 is 4.74 Å². The normalized spacial score (nSPS) is 19.2. The molecule has 1 fully saturated rings. The summed E-state index contributed by atoms with van der Waals surface area (Å²) in [5.41, 5.74) is 2.14. The molecule has 1 saturated heterocycles. The molecule has 0 unspecified atom stereocenters. The van der Waals surface area contributed by atoms with E-state index in [4.69, 9.17) is 16.3 Å². The van der Waals surface area contributed by atoms with Crippen LogP contribution in [0.2, 0.25) is 5.02 Å². The lowest BCUT2D eigenvalue weighted by Crippen LogP contribution is -2.35. The lowest BCUT2D eigenvalue weighted by molar-refractivity contribution is 0.194. The van der Waals surface area contributed by atoms with Gasteiger partial charge < -0.3 is 4.74 Å². The lowest BCUT2D eigenvalue weighted by Gasteiger charge is -2.28. The third-order valence-electron chi connectivity index (χ3n) is 4.60. The predicted octanol–water partition coefficient (Wildman–Crippen LogP) is 3.54. The average Bonchev–Trinajstić information content (AvgIpc) is 2.97. The molecule has 1 atom stereocenters. The van der Waals surface area contributed by atoms with Crippen LogP contribution in [0.3, 0.4) is 0 Å². The number of rotatable bonds is 6. The zero-order valence-electron chi connectivity index (χ0n) is 14.2. The van der Waals surface area contributed by atoms with Crippen LogP contribution >= 0.6 is 11.6 Å². The van der Waals surface area contributed by atoms with Crippen LogP contribution in [0.25, 0.3) is 0 Å². The van der Waals surface area contributed by atoms with Gasteiger partial charge in [-0.1, -0.05) is 41.9 Å². The van der Waals surface area contributed by atoms with Crippen molar-refractivity contribution in [3.63, 3.8) is 0 Å². The molecule has 0 bridgehead atoms. The molecule has 1 heterocycles. The molecule has 0 aromatic heterocycles. The van der Waals surface area contributed by atoms with Crippen molar-refractivity contribution in [2.45, 2.75) is 25.6 Å². The van der Waals surface area contributed by atoms with Crippen LogP contribution in [0.5, 0.6) is 5.75 Å². The SMILES string of the molecule is COc1ccc(CN(Cc2ccccc2Cl)[C@@H]2CCS(=O)(=O)C2)cc1. The van der Waals surface area contributed by atoms with Gasteiger partial charge in [-0.25, -0.2) is 8.42 Å². The minimum absolute atomic E-state index is 0.0170. The molecule has 4 nitrogen and oxygen atoms in total. The number of halogens is 1. The van der Waals surface area contributed by atoms with Crippen LogP contribution in [0.1, 0.15) is 17.5 Å². The highest BCUT2D eigenvalue weighted by molar-refractivity contribution is 7.91. The van der Waals surface area contributed by atoms with E-state index in [2.05, 4.69) is 4.90 Å². The Morgan fingerprint density at radius 2 is 1.84 bits per heavy atom. The second-order valence-corrected chi connectivity index (χ2v) is 9.04. The molecule has 1 aliphatic rings. The predicted molar refractivity (Wildman–Crippen MR) is 101 cm³/mol. The molecule has 0 radical (unpaired) electrons. The summed E-state index contributed by atoms with van der Waals surface area (Å²) in [6.45, 7) is 1.31. The standard InChI is InChI=1S/C19H22ClNO3S/c1-24-18-8-6-15(7-9-18)12-21(17-10-11-25(22,23)14-17)13-16-4-2-3-5-19(16)20/h2-9,17H,10-14H2,1H3/t17-/m1/s1. The van der Waals surface area contributed by atoms with Crippen LogP contribution in [0.4, 0.5) is 0 Å². The minimum Gasteiger partial charge on any atom is -0.497 e. The van der Waals surface area contributed by atoms with E-state index in [9.17, 15) is 8.42 Å². The van der Waals surface area contributed by atoms with E-state index in [0.29, 0.717) is 24.5 Å². The zero-order chi connectivity index (χ0) is 17.9. The smallest absolute Gasteiger partial charge is 0.151 e. The number of methoxy groups -OCH3 is 1. The maximum atomic E-state index is 11.9. The third-order valence-corrected chi connectivity index (χ3v) is 6.72. The first kappa shape index (κ1) is 18.2. The van der Waals surface area contributed by atoms with Gasteiger partial charge in [0.05, 0.1) is 18.6 Å². The Morgan fingerprint density at radius 3 is 2.44 bits per heavy atom. The first-order valence-corrected chi connectivity index (χ1v) is 10.5. The van der Waals surface area contributed by atoms with Crippen LogP contribution in [0.15, 0.2) is 48.5 Å². The van der Waals surface area contributed by atoms with Crippen molar-refractivity contribution in [1.29, 1.82) is 0 Å². The topological polar surface area (TPSA) is 46.6 Å². The van der Waals surface area contributed by atoms with Crippen molar-refractivity contribution in [1.82, 2.24) is 4.90 Å². The van der Waals surface area contributed by atoms with E-state index in [-0.39, 0.29) is 17.5 Å². The van der Waals surface area contributed by atoms with Gasteiger partial charge in [0.25, 0.3) is 0 Å². The molecule has 0 amide bonds. The monoisotopic (exact) mass is 379 g/mol. The number of hydrogen-bond donors (Lipinski definition) is 0. The molecule has 0 aliphatic carbocycles. The molecule has 3 rings (SSSR count). The highest BCUT2D eigenvalue weighted by Gasteiger charge is 2.32. The zero-order valence-corrected chi connectivity index (χ0v) is 15.8. The van der Waals surface area contributed by atoms with Gasteiger partial charge >= 0.3 is 0 Å². The van der Waals surface area contributed by atoms with E-state index in [1.54, 1.807) is 7.11 Å². The van der Waals surface area contributed by atoms with Crippen molar-refractivity contribution in [2.24, 2.45) is 0 Å². The number of benzene rings is 2. The average molecular weight is 380 g/mol. The van der Waals surface area contributed by atoms with Gasteiger partial charge in [-0.2, -0.15) is 0 Å². The fraction of sp³-hybridized carbons (Fsp3) is 0.368. The molecule has 0 spiro atoms. The quantitative estimate of drug-likeness (QED) is 0.770. The number of ether oxygens (including phenoxy) is 1. The number of sulfone groups is 1. The van der Waals surface area contributed by atoms with Crippen molar-refractivity contribution in [2.75, 3.05) is 18.6 Å². The Labute approximate surface area is 154 Å². The van der Waals surface area contributed by atoms with Crippen molar-refractivity contribution >= 4 is 21.4 Å². The molecular formula is C19H22ClNO3S. The summed E-state index contributed by atoms with van der Waals surface area (Å²) < 4.78 is 29.1. The maximum Gasteiger partial charge on any atom is 0.151 e. The molecular weight excluding hydrogens is 358 g/mol. The first-order chi connectivity index (χ1) is 12.0. The summed E-state index contributed by atoms with van der Waals surface area (Å²) in [6.07, 6.45) is 0.670. The van der Waals surface area contributed by atoms with Gasteiger partial charge in [-0.05, 0) is 35.7 Å². The Balaban J connectivity index is 1.82. The number of nitrogens with zero attached hydrogens (tertiary/aromatic N) is 1. The molecule has 6 heteroatoms. The van der Waals surface area contributed by atoms with Crippen LogP contribution in [0, 0.1) is 0 Å². The van der Waals surface area contributed by atoms with Crippen molar-refractivity contribution in [3.05, 3.63) is 64.7 Å². The van der Waals surface area contributed by atoms with Gasteiger partial charge in [0.1, 0.15) is 5.75 Å². The molecule has 25 heavy (non-hydrogen) atoms. The summed E-state index contributed by atoms with van der Waals surface area (Å²) in [6, 6.07) is 15.6. The van der Waals surface area contributed by atoms with E-state index < -0.39 is 9.84 Å². The maximum absolute atomic E-state index is 11.9. The molecule has 2 aromatic rings. The van der Waals surface area contributed by atoms with Gasteiger partial charge in [0.2, 0.25) is 0 Å². The fourth-order valence-electron chi connectivity index (χ4n) is 3.19. The highest BCUT2D eigenvalue weighted by Crippen LogP contribution is 2.25. The molecule has 1 aliphatic heterocycles. The van der Waals surface area contributed by atoms with Crippen molar-refractivity contribution < 1.29 is 13.2 Å². The number of hydrogen-bond acceptors (Lipinski definition) is 4.